The van der Waals surface area contributed by atoms with Gasteiger partial charge in [0.2, 0.25) is 5.91 Å². The number of rotatable bonds is 2. The third kappa shape index (κ3) is 3.00. The van der Waals surface area contributed by atoms with Gasteiger partial charge in [-0.3, -0.25) is 4.79 Å². The summed E-state index contributed by atoms with van der Waals surface area (Å²) >= 11 is 0. The summed E-state index contributed by atoms with van der Waals surface area (Å²) in [4.78, 5) is 27.1. The Morgan fingerprint density at radius 3 is 2.33 bits per heavy atom. The predicted octanol–water partition coefficient (Wildman–Crippen LogP) is 0.977. The molecular weight excluding hydrogens is 270 g/mol. The zero-order chi connectivity index (χ0) is 15.0. The third-order valence-electron chi connectivity index (χ3n) is 5.60. The number of carbonyl (C=O) groups excluding carboxylic acids is 1. The molecule has 2 N–H and O–H groups in total. The molecule has 6 heteroatoms. The lowest BCUT2D eigenvalue weighted by Crippen LogP contribution is -2.45. The Bertz CT molecular complexity index is 424. The molecule has 0 radical (unpaired) electrons. The Hall–Kier alpha value is -1.30. The summed E-state index contributed by atoms with van der Waals surface area (Å²) in [6.07, 6.45) is 3.86. The monoisotopic (exact) mass is 295 g/mol. The Morgan fingerprint density at radius 2 is 1.76 bits per heavy atom. The second kappa shape index (κ2) is 5.48. The summed E-state index contributed by atoms with van der Waals surface area (Å²) in [5.74, 6) is 0.321. The van der Waals surface area contributed by atoms with Crippen LogP contribution in [0.4, 0.5) is 4.79 Å². The highest BCUT2D eigenvalue weighted by Crippen LogP contribution is 2.59. The number of hydrogen-bond acceptors (Lipinski definition) is 3. The molecule has 2 aliphatic heterocycles. The van der Waals surface area contributed by atoms with E-state index in [1.54, 1.807) is 0 Å². The summed E-state index contributed by atoms with van der Waals surface area (Å²) in [5.41, 5.74) is 0.0987. The largest absolute Gasteiger partial charge is 0.465 e. The van der Waals surface area contributed by atoms with Crippen LogP contribution in [0.1, 0.15) is 32.1 Å². The average molecular weight is 295 g/mol. The number of carboxylic acid groups (broad SMARTS) is 1. The van der Waals surface area contributed by atoms with Crippen LogP contribution >= 0.6 is 0 Å². The van der Waals surface area contributed by atoms with Crippen molar-refractivity contribution in [3.63, 3.8) is 0 Å². The first-order valence-electron chi connectivity index (χ1n) is 7.97. The quantitative estimate of drug-likeness (QED) is 0.796. The topological polar surface area (TPSA) is 72.9 Å². The fourth-order valence-electron chi connectivity index (χ4n) is 3.87. The van der Waals surface area contributed by atoms with Crippen molar-refractivity contribution in [3.8, 4) is 0 Å². The molecule has 1 saturated carbocycles. The molecule has 21 heavy (non-hydrogen) atoms. The first-order chi connectivity index (χ1) is 10.00. The lowest BCUT2D eigenvalue weighted by Gasteiger charge is -2.32. The molecule has 1 atom stereocenters. The smallest absolute Gasteiger partial charge is 0.407 e. The molecule has 0 aromatic heterocycles. The van der Waals surface area contributed by atoms with Crippen molar-refractivity contribution in [2.45, 2.75) is 38.1 Å². The predicted molar refractivity (Wildman–Crippen MR) is 78.0 cm³/mol. The van der Waals surface area contributed by atoms with Crippen LogP contribution in [0.5, 0.6) is 0 Å². The highest BCUT2D eigenvalue weighted by Gasteiger charge is 2.58. The van der Waals surface area contributed by atoms with Crippen molar-refractivity contribution in [2.75, 3.05) is 33.2 Å². The molecule has 1 unspecified atom stereocenters. The van der Waals surface area contributed by atoms with Crippen molar-refractivity contribution >= 4 is 12.0 Å². The molecule has 1 aliphatic carbocycles. The van der Waals surface area contributed by atoms with Gasteiger partial charge in [0.25, 0.3) is 0 Å². The van der Waals surface area contributed by atoms with Crippen molar-refractivity contribution in [2.24, 2.45) is 11.3 Å². The van der Waals surface area contributed by atoms with Gasteiger partial charge in [0, 0.05) is 25.0 Å². The highest BCUT2D eigenvalue weighted by atomic mass is 16.4. The van der Waals surface area contributed by atoms with Gasteiger partial charge in [-0.05, 0) is 57.7 Å². The molecule has 3 fully saturated rings. The minimum absolute atomic E-state index is 0.0987. The zero-order valence-electron chi connectivity index (χ0n) is 12.7. The van der Waals surface area contributed by atoms with Gasteiger partial charge in [0.15, 0.2) is 0 Å². The minimum atomic E-state index is -0.835. The number of piperidine rings is 2. The molecule has 0 bridgehead atoms. The van der Waals surface area contributed by atoms with Crippen molar-refractivity contribution in [3.05, 3.63) is 0 Å². The van der Waals surface area contributed by atoms with Gasteiger partial charge in [-0.2, -0.15) is 0 Å². The van der Waals surface area contributed by atoms with Crippen LogP contribution in [0.3, 0.4) is 0 Å². The number of likely N-dealkylation sites (tertiary alicyclic amines) is 2. The molecule has 6 nitrogen and oxygen atoms in total. The maximum Gasteiger partial charge on any atom is 0.407 e. The Labute approximate surface area is 125 Å². The molecule has 2 amide bonds. The van der Waals surface area contributed by atoms with E-state index in [2.05, 4.69) is 17.3 Å². The van der Waals surface area contributed by atoms with Crippen molar-refractivity contribution < 1.29 is 14.7 Å². The number of hydrogen-bond donors (Lipinski definition) is 2. The minimum Gasteiger partial charge on any atom is -0.465 e. The van der Waals surface area contributed by atoms with Crippen LogP contribution in [-0.4, -0.2) is 66.2 Å². The SMILES string of the molecule is CN1CCC(NC(=O)C2CC23CCN(C(=O)O)CC3)CC1. The summed E-state index contributed by atoms with van der Waals surface area (Å²) in [6, 6.07) is 0.324. The first-order valence-corrected chi connectivity index (χ1v) is 7.97. The van der Waals surface area contributed by atoms with E-state index in [4.69, 9.17) is 5.11 Å². The molecule has 2 saturated heterocycles. The van der Waals surface area contributed by atoms with Crippen molar-refractivity contribution in [1.29, 1.82) is 0 Å². The van der Waals surface area contributed by atoms with Gasteiger partial charge in [-0.1, -0.05) is 0 Å². The second-order valence-corrected chi connectivity index (χ2v) is 6.97. The molecule has 3 aliphatic rings. The van der Waals surface area contributed by atoms with Crippen molar-refractivity contribution in [1.82, 2.24) is 15.1 Å². The third-order valence-corrected chi connectivity index (χ3v) is 5.60. The fraction of sp³-hybridized carbons (Fsp3) is 0.867. The average Bonchev–Trinajstić information content (AvgIpc) is 3.16. The maximum absolute atomic E-state index is 12.4. The Kier molecular flexibility index (Phi) is 3.82. The van der Waals surface area contributed by atoms with Crippen LogP contribution < -0.4 is 5.32 Å². The number of carbonyl (C=O) groups is 2. The molecule has 0 aromatic carbocycles. The highest BCUT2D eigenvalue weighted by molar-refractivity contribution is 5.83. The summed E-state index contributed by atoms with van der Waals surface area (Å²) in [7, 11) is 2.12. The van der Waals surface area contributed by atoms with Gasteiger partial charge in [-0.25, -0.2) is 4.79 Å². The number of nitrogens with zero attached hydrogens (tertiary/aromatic N) is 2. The lowest BCUT2D eigenvalue weighted by molar-refractivity contribution is -0.124. The zero-order valence-corrected chi connectivity index (χ0v) is 12.7. The van der Waals surface area contributed by atoms with Gasteiger partial charge in [0.1, 0.15) is 0 Å². The number of amides is 2. The van der Waals surface area contributed by atoms with Gasteiger partial charge >= 0.3 is 6.09 Å². The fourth-order valence-corrected chi connectivity index (χ4v) is 3.87. The summed E-state index contributed by atoms with van der Waals surface area (Å²) < 4.78 is 0. The van der Waals surface area contributed by atoms with E-state index in [-0.39, 0.29) is 17.2 Å². The van der Waals surface area contributed by atoms with Crippen LogP contribution in [0.2, 0.25) is 0 Å². The Morgan fingerprint density at radius 1 is 1.14 bits per heavy atom. The van der Waals surface area contributed by atoms with Gasteiger partial charge in [0.05, 0.1) is 0 Å². The van der Waals surface area contributed by atoms with Gasteiger partial charge < -0.3 is 20.2 Å². The molecule has 118 valence electrons. The molecule has 1 spiro atoms. The van der Waals surface area contributed by atoms with E-state index >= 15 is 0 Å². The number of nitrogens with one attached hydrogen (secondary N) is 1. The van der Waals surface area contributed by atoms with Gasteiger partial charge in [-0.15, -0.1) is 0 Å². The van der Waals surface area contributed by atoms with Crippen LogP contribution in [0.25, 0.3) is 0 Å². The van der Waals surface area contributed by atoms with E-state index < -0.39 is 6.09 Å². The summed E-state index contributed by atoms with van der Waals surface area (Å²) in [5, 5.41) is 12.2. The maximum atomic E-state index is 12.4. The van der Waals surface area contributed by atoms with Crippen LogP contribution in [-0.2, 0) is 4.79 Å². The van der Waals surface area contributed by atoms with Crippen LogP contribution in [0.15, 0.2) is 0 Å². The van der Waals surface area contributed by atoms with E-state index in [0.717, 1.165) is 45.2 Å². The molecule has 2 heterocycles. The molecule has 3 rings (SSSR count). The van der Waals surface area contributed by atoms with E-state index in [1.807, 2.05) is 0 Å². The van der Waals surface area contributed by atoms with E-state index in [0.29, 0.717) is 19.1 Å². The van der Waals surface area contributed by atoms with E-state index in [1.165, 1.54) is 4.90 Å². The summed E-state index contributed by atoms with van der Waals surface area (Å²) in [6.45, 7) is 3.25. The standard InChI is InChI=1S/C15H25N3O3/c1-17-6-2-11(3-7-17)16-13(19)12-10-15(12)4-8-18(9-5-15)14(20)21/h11-12H,2-10H2,1H3,(H,16,19)(H,20,21). The van der Waals surface area contributed by atoms with E-state index in [9.17, 15) is 9.59 Å². The van der Waals surface area contributed by atoms with Crippen LogP contribution in [0, 0.1) is 11.3 Å². The molecular formula is C15H25N3O3. The first kappa shape index (κ1) is 14.6. The lowest BCUT2D eigenvalue weighted by atomic mass is 9.90. The second-order valence-electron chi connectivity index (χ2n) is 6.97. The normalized spacial score (nSPS) is 29.4. The molecule has 0 aromatic rings. The Balaban J connectivity index is 1.47.